The van der Waals surface area contributed by atoms with E-state index in [-0.39, 0.29) is 23.2 Å². The van der Waals surface area contributed by atoms with Gasteiger partial charge in [0.1, 0.15) is 5.75 Å². The smallest absolute Gasteiger partial charge is 0.139 e. The number of rotatable bonds is 2. The van der Waals surface area contributed by atoms with Gasteiger partial charge < -0.3 is 10.8 Å². The second-order valence-corrected chi connectivity index (χ2v) is 5.14. The summed E-state index contributed by atoms with van der Waals surface area (Å²) in [5.41, 5.74) is 6.57. The largest absolute Gasteiger partial charge is 0.506 e. The van der Waals surface area contributed by atoms with Crippen molar-refractivity contribution in [1.29, 1.82) is 0 Å². The standard InChI is InChI=1S/C11H9Cl2NOS.ClH/c12-6-4-7(11(15)8(13)5-6)10(14)9-2-1-3-16-9;/h1-5,10,15H,14H2;1H/t10-;/m0./s1. The minimum atomic E-state index is -0.406. The Labute approximate surface area is 119 Å². The number of thiophene rings is 1. The lowest BCUT2D eigenvalue weighted by Gasteiger charge is -2.13. The zero-order valence-electron chi connectivity index (χ0n) is 8.56. The minimum absolute atomic E-state index is 0. The monoisotopic (exact) mass is 309 g/mol. The van der Waals surface area contributed by atoms with Crippen LogP contribution in [-0.4, -0.2) is 5.11 Å². The van der Waals surface area contributed by atoms with E-state index in [0.29, 0.717) is 10.6 Å². The Morgan fingerprint density at radius 1 is 1.29 bits per heavy atom. The van der Waals surface area contributed by atoms with Gasteiger partial charge in [0.25, 0.3) is 0 Å². The summed E-state index contributed by atoms with van der Waals surface area (Å²) >= 11 is 13.2. The number of phenolic OH excluding ortho intramolecular Hbond substituents is 1. The molecule has 0 bridgehead atoms. The van der Waals surface area contributed by atoms with Crippen molar-refractivity contribution >= 4 is 46.9 Å². The van der Waals surface area contributed by atoms with E-state index in [1.165, 1.54) is 17.4 Å². The van der Waals surface area contributed by atoms with Gasteiger partial charge in [0, 0.05) is 15.5 Å². The van der Waals surface area contributed by atoms with Gasteiger partial charge in [-0.15, -0.1) is 23.7 Å². The summed E-state index contributed by atoms with van der Waals surface area (Å²) in [4.78, 5) is 0.952. The van der Waals surface area contributed by atoms with Crippen LogP contribution in [0.15, 0.2) is 29.6 Å². The molecule has 0 spiro atoms. The Hall–Kier alpha value is -0.450. The first-order valence-corrected chi connectivity index (χ1v) is 6.20. The van der Waals surface area contributed by atoms with E-state index in [0.717, 1.165) is 4.88 Å². The Morgan fingerprint density at radius 2 is 2.00 bits per heavy atom. The van der Waals surface area contributed by atoms with Crippen LogP contribution in [0.25, 0.3) is 0 Å². The van der Waals surface area contributed by atoms with Crippen LogP contribution in [0.1, 0.15) is 16.5 Å². The first-order chi connectivity index (χ1) is 7.59. The minimum Gasteiger partial charge on any atom is -0.506 e. The molecule has 17 heavy (non-hydrogen) atoms. The molecule has 0 unspecified atom stereocenters. The predicted octanol–water partition coefficient (Wildman–Crippen LogP) is 4.23. The fourth-order valence-electron chi connectivity index (χ4n) is 1.44. The average Bonchev–Trinajstić information content (AvgIpc) is 2.75. The second kappa shape index (κ2) is 5.94. The summed E-state index contributed by atoms with van der Waals surface area (Å²) in [5.74, 6) is -0.00744. The molecular formula is C11H10Cl3NOS. The maximum absolute atomic E-state index is 9.83. The molecule has 0 aliphatic heterocycles. The van der Waals surface area contributed by atoms with E-state index in [2.05, 4.69) is 0 Å². The van der Waals surface area contributed by atoms with Crippen molar-refractivity contribution in [2.45, 2.75) is 6.04 Å². The van der Waals surface area contributed by atoms with Crippen LogP contribution in [0, 0.1) is 0 Å². The van der Waals surface area contributed by atoms with Gasteiger partial charge in [0.15, 0.2) is 0 Å². The molecule has 0 saturated heterocycles. The third kappa shape index (κ3) is 3.06. The van der Waals surface area contributed by atoms with Gasteiger partial charge in [-0.05, 0) is 23.6 Å². The number of phenols is 1. The van der Waals surface area contributed by atoms with Gasteiger partial charge in [-0.3, -0.25) is 0 Å². The van der Waals surface area contributed by atoms with Crippen LogP contribution < -0.4 is 5.73 Å². The molecule has 92 valence electrons. The van der Waals surface area contributed by atoms with Crippen molar-refractivity contribution in [2.24, 2.45) is 5.73 Å². The van der Waals surface area contributed by atoms with Crippen molar-refractivity contribution < 1.29 is 5.11 Å². The summed E-state index contributed by atoms with van der Waals surface area (Å²) in [7, 11) is 0. The van der Waals surface area contributed by atoms with Crippen LogP contribution >= 0.6 is 46.9 Å². The normalized spacial score (nSPS) is 11.9. The van der Waals surface area contributed by atoms with E-state index in [1.807, 2.05) is 17.5 Å². The third-order valence-electron chi connectivity index (χ3n) is 2.24. The third-order valence-corrected chi connectivity index (χ3v) is 3.70. The first-order valence-electron chi connectivity index (χ1n) is 4.56. The lowest BCUT2D eigenvalue weighted by atomic mass is 10.1. The fourth-order valence-corrected chi connectivity index (χ4v) is 2.70. The highest BCUT2D eigenvalue weighted by Gasteiger charge is 2.17. The van der Waals surface area contributed by atoms with E-state index in [4.69, 9.17) is 28.9 Å². The Bertz CT molecular complexity index is 502. The van der Waals surface area contributed by atoms with Gasteiger partial charge in [0.2, 0.25) is 0 Å². The Balaban J connectivity index is 0.00000144. The molecule has 1 aromatic carbocycles. The summed E-state index contributed by atoms with van der Waals surface area (Å²) < 4.78 is 0. The highest BCUT2D eigenvalue weighted by molar-refractivity contribution is 7.10. The van der Waals surface area contributed by atoms with Crippen molar-refractivity contribution in [2.75, 3.05) is 0 Å². The van der Waals surface area contributed by atoms with Crippen LogP contribution in [0.2, 0.25) is 10.0 Å². The molecule has 6 heteroatoms. The molecule has 0 radical (unpaired) electrons. The number of hydrogen-bond donors (Lipinski definition) is 2. The molecule has 3 N–H and O–H groups in total. The second-order valence-electron chi connectivity index (χ2n) is 3.32. The van der Waals surface area contributed by atoms with Gasteiger partial charge in [-0.25, -0.2) is 0 Å². The summed E-state index contributed by atoms with van der Waals surface area (Å²) in [6.07, 6.45) is 0. The van der Waals surface area contributed by atoms with Crippen molar-refractivity contribution in [3.63, 3.8) is 0 Å². The maximum atomic E-state index is 9.83. The zero-order chi connectivity index (χ0) is 11.7. The number of nitrogens with two attached hydrogens (primary N) is 1. The van der Waals surface area contributed by atoms with E-state index in [9.17, 15) is 5.11 Å². The zero-order valence-corrected chi connectivity index (χ0v) is 11.7. The molecule has 2 aromatic rings. The molecule has 0 fully saturated rings. The quantitative estimate of drug-likeness (QED) is 0.872. The summed E-state index contributed by atoms with van der Waals surface area (Å²) in [6.45, 7) is 0. The van der Waals surface area contributed by atoms with Crippen molar-refractivity contribution in [1.82, 2.24) is 0 Å². The first kappa shape index (κ1) is 14.6. The molecular weight excluding hydrogens is 301 g/mol. The van der Waals surface area contributed by atoms with E-state index in [1.54, 1.807) is 6.07 Å². The molecule has 1 heterocycles. The van der Waals surface area contributed by atoms with Gasteiger partial charge in [0.05, 0.1) is 11.1 Å². The van der Waals surface area contributed by atoms with Gasteiger partial charge >= 0.3 is 0 Å². The van der Waals surface area contributed by atoms with Crippen molar-refractivity contribution in [3.8, 4) is 5.75 Å². The van der Waals surface area contributed by atoms with Crippen molar-refractivity contribution in [3.05, 3.63) is 50.1 Å². The summed E-state index contributed by atoms with van der Waals surface area (Å²) in [5, 5.41) is 12.4. The Morgan fingerprint density at radius 3 is 2.59 bits per heavy atom. The lowest BCUT2D eigenvalue weighted by Crippen LogP contribution is -2.10. The van der Waals surface area contributed by atoms with Crippen LogP contribution in [-0.2, 0) is 0 Å². The molecule has 0 saturated carbocycles. The average molecular weight is 311 g/mol. The highest BCUT2D eigenvalue weighted by atomic mass is 35.5. The molecule has 2 rings (SSSR count). The van der Waals surface area contributed by atoms with Crippen LogP contribution in [0.3, 0.4) is 0 Å². The number of hydrogen-bond acceptors (Lipinski definition) is 3. The summed E-state index contributed by atoms with van der Waals surface area (Å²) in [6, 6.07) is 6.53. The van der Waals surface area contributed by atoms with Crippen LogP contribution in [0.5, 0.6) is 5.75 Å². The lowest BCUT2D eigenvalue weighted by molar-refractivity contribution is 0.466. The maximum Gasteiger partial charge on any atom is 0.139 e. The molecule has 0 aliphatic rings. The molecule has 1 atom stereocenters. The predicted molar refractivity (Wildman–Crippen MR) is 75.7 cm³/mol. The Kier molecular flexibility index (Phi) is 5.10. The number of benzene rings is 1. The van der Waals surface area contributed by atoms with Crippen LogP contribution in [0.4, 0.5) is 0 Å². The topological polar surface area (TPSA) is 46.2 Å². The molecule has 0 aliphatic carbocycles. The van der Waals surface area contributed by atoms with Gasteiger partial charge in [-0.2, -0.15) is 0 Å². The highest BCUT2D eigenvalue weighted by Crippen LogP contribution is 2.37. The fraction of sp³-hybridized carbons (Fsp3) is 0.0909. The van der Waals surface area contributed by atoms with Gasteiger partial charge in [-0.1, -0.05) is 29.3 Å². The van der Waals surface area contributed by atoms with E-state index < -0.39 is 6.04 Å². The van der Waals surface area contributed by atoms with E-state index >= 15 is 0 Å². The molecule has 2 nitrogen and oxygen atoms in total. The molecule has 0 amide bonds. The SMILES string of the molecule is Cl.N[C@H](c1cccs1)c1cc(Cl)cc(Cl)c1O. The number of aromatic hydroxyl groups is 1. The molecule has 1 aromatic heterocycles. The number of halogens is 3.